The topological polar surface area (TPSA) is 64.6 Å². The van der Waals surface area contributed by atoms with Gasteiger partial charge in [-0.1, -0.05) is 42.0 Å². The molecule has 0 aliphatic carbocycles. The lowest BCUT2D eigenvalue weighted by Crippen LogP contribution is -2.31. The molecule has 1 unspecified atom stereocenters. The average molecular weight is 369 g/mol. The summed E-state index contributed by atoms with van der Waals surface area (Å²) in [5, 5.41) is 2.96. The smallest absolute Gasteiger partial charge is 0.308 e. The standard InChI is InChI=1S/C22H27NO4/c1-15(2)27-21(24)13-20(18-10-8-16(3)9-11-18)23-22(25)19-7-5-6-17(12-19)14-26-4/h5-12,15,20H,13-14H2,1-4H3,(H,23,25). The number of methoxy groups -OCH3 is 1. The Bertz CT molecular complexity index is 768. The van der Waals surface area contributed by atoms with Crippen molar-refractivity contribution in [3.05, 3.63) is 70.8 Å². The molecule has 0 bridgehead atoms. The lowest BCUT2D eigenvalue weighted by atomic mass is 10.0. The number of amides is 1. The molecule has 2 aromatic carbocycles. The molecular formula is C22H27NO4. The predicted molar refractivity (Wildman–Crippen MR) is 104 cm³/mol. The highest BCUT2D eigenvalue weighted by atomic mass is 16.5. The van der Waals surface area contributed by atoms with Crippen molar-refractivity contribution in [3.8, 4) is 0 Å². The van der Waals surface area contributed by atoms with Gasteiger partial charge in [-0.2, -0.15) is 0 Å². The van der Waals surface area contributed by atoms with Crippen LogP contribution in [0.15, 0.2) is 48.5 Å². The number of nitrogens with one attached hydrogen (secondary N) is 1. The number of benzene rings is 2. The zero-order valence-electron chi connectivity index (χ0n) is 16.3. The first-order chi connectivity index (χ1) is 12.9. The minimum Gasteiger partial charge on any atom is -0.463 e. The molecule has 0 radical (unpaired) electrons. The highest BCUT2D eigenvalue weighted by Gasteiger charge is 2.21. The molecule has 5 nitrogen and oxygen atoms in total. The quantitative estimate of drug-likeness (QED) is 0.716. The summed E-state index contributed by atoms with van der Waals surface area (Å²) in [6.07, 6.45) is -0.123. The van der Waals surface area contributed by atoms with E-state index >= 15 is 0 Å². The second kappa shape index (κ2) is 9.88. The SMILES string of the molecule is COCc1cccc(C(=O)NC(CC(=O)OC(C)C)c2ccc(C)cc2)c1. The third kappa shape index (κ3) is 6.53. The molecule has 2 aromatic rings. The summed E-state index contributed by atoms with van der Waals surface area (Å²) in [6.45, 7) is 6.03. The summed E-state index contributed by atoms with van der Waals surface area (Å²) in [5.41, 5.74) is 3.42. The van der Waals surface area contributed by atoms with Crippen molar-refractivity contribution in [1.29, 1.82) is 0 Å². The van der Waals surface area contributed by atoms with E-state index in [2.05, 4.69) is 5.32 Å². The fourth-order valence-corrected chi connectivity index (χ4v) is 2.74. The molecule has 0 fully saturated rings. The van der Waals surface area contributed by atoms with Gasteiger partial charge in [-0.15, -0.1) is 0 Å². The van der Waals surface area contributed by atoms with Gasteiger partial charge in [-0.25, -0.2) is 0 Å². The minimum absolute atomic E-state index is 0.0741. The molecule has 0 heterocycles. The number of carbonyl (C=O) groups excluding carboxylic acids is 2. The molecule has 0 aromatic heterocycles. The van der Waals surface area contributed by atoms with Crippen LogP contribution >= 0.6 is 0 Å². The molecule has 144 valence electrons. The zero-order valence-corrected chi connectivity index (χ0v) is 16.3. The fourth-order valence-electron chi connectivity index (χ4n) is 2.74. The highest BCUT2D eigenvalue weighted by molar-refractivity contribution is 5.94. The van der Waals surface area contributed by atoms with E-state index in [1.54, 1.807) is 33.1 Å². The molecule has 1 amide bonds. The molecule has 5 heteroatoms. The number of aryl methyl sites for hydroxylation is 1. The lowest BCUT2D eigenvalue weighted by Gasteiger charge is -2.20. The second-order valence-electron chi connectivity index (χ2n) is 6.81. The van der Waals surface area contributed by atoms with E-state index in [9.17, 15) is 9.59 Å². The summed E-state index contributed by atoms with van der Waals surface area (Å²) in [6, 6.07) is 14.5. The van der Waals surface area contributed by atoms with Crippen LogP contribution < -0.4 is 5.32 Å². The number of hydrogen-bond acceptors (Lipinski definition) is 4. The normalized spacial score (nSPS) is 11.9. The van der Waals surface area contributed by atoms with Gasteiger partial charge in [0.1, 0.15) is 0 Å². The van der Waals surface area contributed by atoms with Crippen LogP contribution in [0.2, 0.25) is 0 Å². The number of esters is 1. The summed E-state index contributed by atoms with van der Waals surface area (Å²) in [7, 11) is 1.61. The number of carbonyl (C=O) groups is 2. The minimum atomic E-state index is -0.463. The Morgan fingerprint density at radius 2 is 1.78 bits per heavy atom. The Morgan fingerprint density at radius 1 is 1.07 bits per heavy atom. The van der Waals surface area contributed by atoms with Crippen LogP contribution in [0.1, 0.15) is 53.4 Å². The number of hydrogen-bond donors (Lipinski definition) is 1. The Labute approximate surface area is 160 Å². The maximum atomic E-state index is 12.8. The monoisotopic (exact) mass is 369 g/mol. The number of ether oxygens (including phenoxy) is 2. The van der Waals surface area contributed by atoms with Crippen molar-refractivity contribution in [2.45, 2.75) is 45.9 Å². The van der Waals surface area contributed by atoms with E-state index in [-0.39, 0.29) is 24.4 Å². The first kappa shape index (κ1) is 20.6. The third-order valence-corrected chi connectivity index (χ3v) is 4.02. The predicted octanol–water partition coefficient (Wildman–Crippen LogP) is 3.95. The summed E-state index contributed by atoms with van der Waals surface area (Å²) in [4.78, 5) is 24.9. The molecule has 0 aliphatic heterocycles. The first-order valence-corrected chi connectivity index (χ1v) is 9.04. The Kier molecular flexibility index (Phi) is 7.55. The maximum absolute atomic E-state index is 12.8. The van der Waals surface area contributed by atoms with Crippen molar-refractivity contribution < 1.29 is 19.1 Å². The van der Waals surface area contributed by atoms with Crippen molar-refractivity contribution >= 4 is 11.9 Å². The van der Waals surface area contributed by atoms with E-state index in [0.717, 1.165) is 16.7 Å². The van der Waals surface area contributed by atoms with Crippen molar-refractivity contribution in [2.24, 2.45) is 0 Å². The van der Waals surface area contributed by atoms with Gasteiger partial charge in [0.25, 0.3) is 5.91 Å². The molecule has 0 spiro atoms. The summed E-state index contributed by atoms with van der Waals surface area (Å²) in [5.74, 6) is -0.583. The maximum Gasteiger partial charge on any atom is 0.308 e. The zero-order chi connectivity index (χ0) is 19.8. The Balaban J connectivity index is 2.19. The Hall–Kier alpha value is -2.66. The van der Waals surface area contributed by atoms with E-state index in [1.165, 1.54) is 0 Å². The van der Waals surface area contributed by atoms with Gasteiger partial charge in [0.05, 0.1) is 25.2 Å². The average Bonchev–Trinajstić information content (AvgIpc) is 2.61. The largest absolute Gasteiger partial charge is 0.463 e. The van der Waals surface area contributed by atoms with Crippen LogP contribution in [0.5, 0.6) is 0 Å². The van der Waals surface area contributed by atoms with Gasteiger partial charge >= 0.3 is 5.97 Å². The molecule has 0 aliphatic rings. The molecule has 27 heavy (non-hydrogen) atoms. The molecule has 0 saturated carbocycles. The first-order valence-electron chi connectivity index (χ1n) is 9.04. The van der Waals surface area contributed by atoms with Crippen LogP contribution in [0, 0.1) is 6.92 Å². The van der Waals surface area contributed by atoms with Gasteiger partial charge in [-0.05, 0) is 44.0 Å². The van der Waals surface area contributed by atoms with Crippen molar-refractivity contribution in [1.82, 2.24) is 5.32 Å². The van der Waals surface area contributed by atoms with Crippen LogP contribution in [-0.2, 0) is 20.9 Å². The van der Waals surface area contributed by atoms with E-state index in [0.29, 0.717) is 12.2 Å². The van der Waals surface area contributed by atoms with Crippen LogP contribution in [-0.4, -0.2) is 25.1 Å². The van der Waals surface area contributed by atoms with Gasteiger partial charge in [0.2, 0.25) is 0 Å². The van der Waals surface area contributed by atoms with E-state index in [1.807, 2.05) is 43.3 Å². The molecule has 1 atom stereocenters. The molecule has 1 N–H and O–H groups in total. The lowest BCUT2D eigenvalue weighted by molar-refractivity contribution is -0.147. The molecule has 0 saturated heterocycles. The van der Waals surface area contributed by atoms with Crippen LogP contribution in [0.25, 0.3) is 0 Å². The van der Waals surface area contributed by atoms with Gasteiger partial charge in [-0.3, -0.25) is 9.59 Å². The molecular weight excluding hydrogens is 342 g/mol. The highest BCUT2D eigenvalue weighted by Crippen LogP contribution is 2.20. The summed E-state index contributed by atoms with van der Waals surface area (Å²) < 4.78 is 10.4. The van der Waals surface area contributed by atoms with Gasteiger partial charge in [0, 0.05) is 12.7 Å². The Morgan fingerprint density at radius 3 is 2.41 bits per heavy atom. The van der Waals surface area contributed by atoms with Gasteiger partial charge in [0.15, 0.2) is 0 Å². The van der Waals surface area contributed by atoms with Crippen molar-refractivity contribution in [2.75, 3.05) is 7.11 Å². The van der Waals surface area contributed by atoms with Crippen LogP contribution in [0.3, 0.4) is 0 Å². The second-order valence-corrected chi connectivity index (χ2v) is 6.81. The van der Waals surface area contributed by atoms with Crippen molar-refractivity contribution in [3.63, 3.8) is 0 Å². The molecule has 2 rings (SSSR count). The fraction of sp³-hybridized carbons (Fsp3) is 0.364. The number of rotatable bonds is 8. The summed E-state index contributed by atoms with van der Waals surface area (Å²) >= 11 is 0. The van der Waals surface area contributed by atoms with E-state index < -0.39 is 6.04 Å². The van der Waals surface area contributed by atoms with Gasteiger partial charge < -0.3 is 14.8 Å². The van der Waals surface area contributed by atoms with E-state index in [4.69, 9.17) is 9.47 Å². The third-order valence-electron chi connectivity index (χ3n) is 4.02. The van der Waals surface area contributed by atoms with Crippen LogP contribution in [0.4, 0.5) is 0 Å².